The molecule has 0 aliphatic carbocycles. The van der Waals surface area contributed by atoms with E-state index in [2.05, 4.69) is 10.1 Å². The van der Waals surface area contributed by atoms with Crippen molar-refractivity contribution in [1.29, 1.82) is 5.26 Å². The second-order valence-electron chi connectivity index (χ2n) is 4.99. The Kier molecular flexibility index (Phi) is 4.70. The average molecular weight is 276 g/mol. The topological polar surface area (TPSA) is 88.4 Å². The Hall–Kier alpha value is -2.55. The lowest BCUT2D eigenvalue weighted by atomic mass is 10.1. The molecule has 0 aromatic heterocycles. The number of methoxy groups -OCH3 is 1. The van der Waals surface area contributed by atoms with Gasteiger partial charge >= 0.3 is 12.1 Å². The number of anilines is 1. The van der Waals surface area contributed by atoms with E-state index in [9.17, 15) is 9.59 Å². The number of nitrogens with zero attached hydrogens (tertiary/aromatic N) is 1. The molecular weight excluding hydrogens is 260 g/mol. The molecule has 0 unspecified atom stereocenters. The number of amides is 1. The van der Waals surface area contributed by atoms with Gasteiger partial charge in [0.2, 0.25) is 0 Å². The molecule has 1 aromatic rings. The predicted octanol–water partition coefficient (Wildman–Crippen LogP) is 2.69. The summed E-state index contributed by atoms with van der Waals surface area (Å²) in [5, 5.41) is 11.5. The van der Waals surface area contributed by atoms with Crippen LogP contribution in [0, 0.1) is 11.3 Å². The van der Waals surface area contributed by atoms with Crippen LogP contribution in [0.25, 0.3) is 0 Å². The second kappa shape index (κ2) is 6.06. The molecule has 0 radical (unpaired) electrons. The Morgan fingerprint density at radius 3 is 2.45 bits per heavy atom. The van der Waals surface area contributed by atoms with Crippen LogP contribution in [0.2, 0.25) is 0 Å². The normalized spacial score (nSPS) is 10.3. The van der Waals surface area contributed by atoms with Crippen molar-refractivity contribution in [2.24, 2.45) is 0 Å². The highest BCUT2D eigenvalue weighted by molar-refractivity contribution is 5.92. The van der Waals surface area contributed by atoms with E-state index in [1.165, 1.54) is 25.3 Å². The fraction of sp³-hybridized carbons (Fsp3) is 0.357. The maximum Gasteiger partial charge on any atom is 0.412 e. The van der Waals surface area contributed by atoms with Gasteiger partial charge in [-0.15, -0.1) is 0 Å². The van der Waals surface area contributed by atoms with Crippen molar-refractivity contribution in [3.63, 3.8) is 0 Å². The number of benzene rings is 1. The van der Waals surface area contributed by atoms with Crippen molar-refractivity contribution in [2.75, 3.05) is 12.4 Å². The summed E-state index contributed by atoms with van der Waals surface area (Å²) in [6.07, 6.45) is -0.667. The standard InChI is InChI=1S/C14H16N2O4/c1-14(2,3)20-13(18)16-11-6-5-9(12(17)19-4)7-10(11)8-15/h5-7H,1-4H3,(H,16,18). The molecule has 0 spiro atoms. The van der Waals surface area contributed by atoms with Gasteiger partial charge in [-0.3, -0.25) is 5.32 Å². The minimum atomic E-state index is -0.667. The van der Waals surface area contributed by atoms with Gasteiger partial charge in [0, 0.05) is 0 Å². The SMILES string of the molecule is COC(=O)c1ccc(NC(=O)OC(C)(C)C)c(C#N)c1. The summed E-state index contributed by atoms with van der Waals surface area (Å²) in [7, 11) is 1.25. The van der Waals surface area contributed by atoms with Gasteiger partial charge in [0.15, 0.2) is 0 Å². The highest BCUT2D eigenvalue weighted by Gasteiger charge is 2.18. The third-order valence-corrected chi connectivity index (χ3v) is 2.20. The molecule has 0 bridgehead atoms. The number of carbonyl (C=O) groups excluding carboxylic acids is 2. The van der Waals surface area contributed by atoms with Crippen LogP contribution in [0.5, 0.6) is 0 Å². The lowest BCUT2D eigenvalue weighted by molar-refractivity contribution is 0.0599. The maximum absolute atomic E-state index is 11.6. The zero-order valence-corrected chi connectivity index (χ0v) is 11.8. The zero-order chi connectivity index (χ0) is 15.3. The lowest BCUT2D eigenvalue weighted by Crippen LogP contribution is -2.27. The molecule has 1 N–H and O–H groups in total. The minimum absolute atomic E-state index is 0.152. The quantitative estimate of drug-likeness (QED) is 0.839. The molecule has 6 heteroatoms. The number of carbonyl (C=O) groups is 2. The molecule has 0 heterocycles. The van der Waals surface area contributed by atoms with Crippen LogP contribution in [-0.2, 0) is 9.47 Å². The molecule has 20 heavy (non-hydrogen) atoms. The Labute approximate surface area is 117 Å². The number of hydrogen-bond acceptors (Lipinski definition) is 5. The van der Waals surface area contributed by atoms with Crippen molar-refractivity contribution in [2.45, 2.75) is 26.4 Å². The number of nitrogens with one attached hydrogen (secondary N) is 1. The van der Waals surface area contributed by atoms with Crippen molar-refractivity contribution < 1.29 is 19.1 Å². The van der Waals surface area contributed by atoms with E-state index in [0.29, 0.717) is 0 Å². The fourth-order valence-electron chi connectivity index (χ4n) is 1.40. The summed E-state index contributed by atoms with van der Waals surface area (Å²) in [5.41, 5.74) is 0.0231. The van der Waals surface area contributed by atoms with E-state index in [1.807, 2.05) is 6.07 Å². The molecule has 1 amide bonds. The third kappa shape index (κ3) is 4.28. The summed E-state index contributed by atoms with van der Waals surface area (Å²) in [6, 6.07) is 6.16. The van der Waals surface area contributed by atoms with E-state index in [1.54, 1.807) is 20.8 Å². The van der Waals surface area contributed by atoms with E-state index >= 15 is 0 Å². The lowest BCUT2D eigenvalue weighted by Gasteiger charge is -2.20. The molecule has 0 saturated heterocycles. The molecule has 0 atom stereocenters. The van der Waals surface area contributed by atoms with Crippen LogP contribution >= 0.6 is 0 Å². The molecular formula is C14H16N2O4. The molecule has 0 aliphatic heterocycles. The van der Waals surface area contributed by atoms with Crippen molar-refractivity contribution in [1.82, 2.24) is 0 Å². The van der Waals surface area contributed by atoms with Gasteiger partial charge in [0.05, 0.1) is 23.9 Å². The van der Waals surface area contributed by atoms with E-state index in [4.69, 9.17) is 10.00 Å². The first-order chi connectivity index (χ1) is 9.26. The monoisotopic (exact) mass is 276 g/mol. The maximum atomic E-state index is 11.6. The first-order valence-corrected chi connectivity index (χ1v) is 5.89. The van der Waals surface area contributed by atoms with Crippen LogP contribution in [0.15, 0.2) is 18.2 Å². The van der Waals surface area contributed by atoms with Crippen molar-refractivity contribution in [3.8, 4) is 6.07 Å². The predicted molar refractivity (Wildman–Crippen MR) is 72.4 cm³/mol. The first-order valence-electron chi connectivity index (χ1n) is 5.89. The Bertz CT molecular complexity index is 568. The van der Waals surface area contributed by atoms with Crippen molar-refractivity contribution in [3.05, 3.63) is 29.3 Å². The van der Waals surface area contributed by atoms with Gasteiger partial charge in [-0.05, 0) is 39.0 Å². The number of esters is 1. The molecule has 0 aliphatic rings. The van der Waals surface area contributed by atoms with Gasteiger partial charge < -0.3 is 9.47 Å². The summed E-state index contributed by atoms with van der Waals surface area (Å²) in [6.45, 7) is 5.20. The smallest absolute Gasteiger partial charge is 0.412 e. The van der Waals surface area contributed by atoms with Crippen LogP contribution in [-0.4, -0.2) is 24.8 Å². The van der Waals surface area contributed by atoms with Gasteiger partial charge in [-0.1, -0.05) is 0 Å². The average Bonchev–Trinajstić information content (AvgIpc) is 2.36. The fourth-order valence-corrected chi connectivity index (χ4v) is 1.40. The largest absolute Gasteiger partial charge is 0.465 e. The first kappa shape index (κ1) is 15.5. The summed E-state index contributed by atoms with van der Waals surface area (Å²) < 4.78 is 9.65. The molecule has 106 valence electrons. The number of ether oxygens (including phenoxy) is 2. The van der Waals surface area contributed by atoms with Crippen LogP contribution in [0.1, 0.15) is 36.7 Å². The Morgan fingerprint density at radius 2 is 1.95 bits per heavy atom. The highest BCUT2D eigenvalue weighted by atomic mass is 16.6. The van der Waals surface area contributed by atoms with Gasteiger partial charge in [-0.2, -0.15) is 5.26 Å². The zero-order valence-electron chi connectivity index (χ0n) is 11.8. The number of nitriles is 1. The van der Waals surface area contributed by atoms with Crippen molar-refractivity contribution >= 4 is 17.7 Å². The number of hydrogen-bond donors (Lipinski definition) is 1. The third-order valence-electron chi connectivity index (χ3n) is 2.20. The van der Waals surface area contributed by atoms with E-state index < -0.39 is 17.7 Å². The van der Waals surface area contributed by atoms with Gasteiger partial charge in [0.25, 0.3) is 0 Å². The molecule has 6 nitrogen and oxygen atoms in total. The summed E-state index contributed by atoms with van der Waals surface area (Å²) >= 11 is 0. The van der Waals surface area contributed by atoms with Gasteiger partial charge in [0.1, 0.15) is 11.7 Å². The Balaban J connectivity index is 2.95. The molecule has 0 fully saturated rings. The van der Waals surface area contributed by atoms with Gasteiger partial charge in [-0.25, -0.2) is 9.59 Å². The minimum Gasteiger partial charge on any atom is -0.465 e. The number of rotatable bonds is 2. The molecule has 1 rings (SSSR count). The molecule has 1 aromatic carbocycles. The Morgan fingerprint density at radius 1 is 1.30 bits per heavy atom. The van der Waals surface area contributed by atoms with Crippen LogP contribution in [0.4, 0.5) is 10.5 Å². The van der Waals surface area contributed by atoms with Crippen LogP contribution in [0.3, 0.4) is 0 Å². The van der Waals surface area contributed by atoms with E-state index in [0.717, 1.165) is 0 Å². The molecule has 0 saturated carbocycles. The van der Waals surface area contributed by atoms with Crippen LogP contribution < -0.4 is 5.32 Å². The van der Waals surface area contributed by atoms with E-state index in [-0.39, 0.29) is 16.8 Å². The second-order valence-corrected chi connectivity index (χ2v) is 4.99. The summed E-state index contributed by atoms with van der Waals surface area (Å²) in [4.78, 5) is 23.0. The highest BCUT2D eigenvalue weighted by Crippen LogP contribution is 2.18. The summed E-state index contributed by atoms with van der Waals surface area (Å²) in [5.74, 6) is -0.551.